The molecule has 86 valence electrons. The normalized spacial score (nSPS) is 21.4. The first kappa shape index (κ1) is 12.3. The van der Waals surface area contributed by atoms with Gasteiger partial charge >= 0.3 is 5.97 Å². The number of thioether (sulfide) groups is 1. The van der Waals surface area contributed by atoms with Crippen LogP contribution in [0.15, 0.2) is 0 Å². The lowest BCUT2D eigenvalue weighted by atomic mass is 10.1. The standard InChI is InChI=1S/C9H16N2O3S/c10-4-8(12)11-3-1-2-7(5-11)15-6-9(13)14/h7H,1-6,10H2,(H,13,14). The maximum atomic E-state index is 11.3. The minimum Gasteiger partial charge on any atom is -0.481 e. The fraction of sp³-hybridized carbons (Fsp3) is 0.778. The van der Waals surface area contributed by atoms with Crippen molar-refractivity contribution in [3.63, 3.8) is 0 Å². The van der Waals surface area contributed by atoms with Crippen LogP contribution in [0, 0.1) is 0 Å². The SMILES string of the molecule is NCC(=O)N1CCCC(SCC(=O)O)C1. The van der Waals surface area contributed by atoms with Crippen molar-refractivity contribution < 1.29 is 14.7 Å². The zero-order chi connectivity index (χ0) is 11.3. The third-order valence-electron chi connectivity index (χ3n) is 2.35. The number of hydrogen-bond donors (Lipinski definition) is 2. The van der Waals surface area contributed by atoms with E-state index >= 15 is 0 Å². The molecule has 0 aromatic carbocycles. The van der Waals surface area contributed by atoms with Crippen LogP contribution in [0.5, 0.6) is 0 Å². The molecule has 0 spiro atoms. The van der Waals surface area contributed by atoms with Crippen molar-refractivity contribution in [2.45, 2.75) is 18.1 Å². The first-order valence-corrected chi connectivity index (χ1v) is 5.99. The highest BCUT2D eigenvalue weighted by molar-refractivity contribution is 8.00. The Morgan fingerprint density at radius 2 is 2.27 bits per heavy atom. The number of hydrogen-bond acceptors (Lipinski definition) is 4. The van der Waals surface area contributed by atoms with E-state index in [9.17, 15) is 9.59 Å². The molecule has 1 rings (SSSR count). The topological polar surface area (TPSA) is 83.6 Å². The van der Waals surface area contributed by atoms with Crippen LogP contribution >= 0.6 is 11.8 Å². The Morgan fingerprint density at radius 1 is 1.53 bits per heavy atom. The maximum absolute atomic E-state index is 11.3. The number of aliphatic carboxylic acids is 1. The van der Waals surface area contributed by atoms with E-state index in [0.29, 0.717) is 6.54 Å². The van der Waals surface area contributed by atoms with Gasteiger partial charge in [-0.3, -0.25) is 9.59 Å². The maximum Gasteiger partial charge on any atom is 0.313 e. The van der Waals surface area contributed by atoms with Crippen molar-refractivity contribution >= 4 is 23.6 Å². The van der Waals surface area contributed by atoms with Crippen LogP contribution in [-0.4, -0.2) is 52.5 Å². The van der Waals surface area contributed by atoms with Crippen LogP contribution in [0.3, 0.4) is 0 Å². The smallest absolute Gasteiger partial charge is 0.313 e. The number of nitrogens with two attached hydrogens (primary N) is 1. The van der Waals surface area contributed by atoms with Crippen molar-refractivity contribution in [3.8, 4) is 0 Å². The number of amides is 1. The lowest BCUT2D eigenvalue weighted by Crippen LogP contribution is -2.44. The Kier molecular flexibility index (Phi) is 4.90. The van der Waals surface area contributed by atoms with Gasteiger partial charge in [0.2, 0.25) is 5.91 Å². The molecule has 0 saturated carbocycles. The molecule has 1 heterocycles. The van der Waals surface area contributed by atoms with Gasteiger partial charge in [0.1, 0.15) is 0 Å². The number of carboxylic acid groups (broad SMARTS) is 1. The largest absolute Gasteiger partial charge is 0.481 e. The van der Waals surface area contributed by atoms with Gasteiger partial charge in [0.25, 0.3) is 0 Å². The van der Waals surface area contributed by atoms with Gasteiger partial charge < -0.3 is 15.7 Å². The van der Waals surface area contributed by atoms with E-state index < -0.39 is 5.97 Å². The molecule has 0 bridgehead atoms. The average Bonchev–Trinajstić information content (AvgIpc) is 2.25. The van der Waals surface area contributed by atoms with Gasteiger partial charge in [-0.2, -0.15) is 0 Å². The molecule has 1 aliphatic rings. The Bertz CT molecular complexity index is 248. The van der Waals surface area contributed by atoms with Gasteiger partial charge in [0.05, 0.1) is 12.3 Å². The fourth-order valence-corrected chi connectivity index (χ4v) is 2.62. The number of piperidine rings is 1. The molecular formula is C9H16N2O3S. The van der Waals surface area contributed by atoms with Crippen LogP contribution < -0.4 is 5.73 Å². The lowest BCUT2D eigenvalue weighted by molar-refractivity contribution is -0.134. The molecule has 3 N–H and O–H groups in total. The Labute approximate surface area is 93.0 Å². The van der Waals surface area contributed by atoms with E-state index in [-0.39, 0.29) is 23.5 Å². The van der Waals surface area contributed by atoms with Crippen LogP contribution in [0.25, 0.3) is 0 Å². The first-order valence-electron chi connectivity index (χ1n) is 4.94. The summed E-state index contributed by atoms with van der Waals surface area (Å²) >= 11 is 1.40. The number of likely N-dealkylation sites (tertiary alicyclic amines) is 1. The predicted molar refractivity (Wildman–Crippen MR) is 58.8 cm³/mol. The molecule has 0 aromatic heterocycles. The molecule has 1 unspecified atom stereocenters. The van der Waals surface area contributed by atoms with E-state index in [2.05, 4.69) is 0 Å². The summed E-state index contributed by atoms with van der Waals surface area (Å²) in [5, 5.41) is 8.79. The third-order valence-corrected chi connectivity index (χ3v) is 3.62. The van der Waals surface area contributed by atoms with Crippen molar-refractivity contribution in [3.05, 3.63) is 0 Å². The molecule has 1 atom stereocenters. The zero-order valence-corrected chi connectivity index (χ0v) is 9.33. The minimum atomic E-state index is -0.803. The number of rotatable bonds is 4. The van der Waals surface area contributed by atoms with E-state index in [4.69, 9.17) is 10.8 Å². The number of nitrogens with zero attached hydrogens (tertiary/aromatic N) is 1. The minimum absolute atomic E-state index is 0.0380. The summed E-state index contributed by atoms with van der Waals surface area (Å²) in [6, 6.07) is 0. The lowest BCUT2D eigenvalue weighted by Gasteiger charge is -2.31. The van der Waals surface area contributed by atoms with E-state index in [0.717, 1.165) is 19.4 Å². The molecule has 1 amide bonds. The van der Waals surface area contributed by atoms with Crippen molar-refractivity contribution in [2.75, 3.05) is 25.4 Å². The number of carboxylic acids is 1. The second-order valence-electron chi connectivity index (χ2n) is 3.51. The van der Waals surface area contributed by atoms with Gasteiger partial charge in [0, 0.05) is 18.3 Å². The number of carbonyl (C=O) groups is 2. The summed E-state index contributed by atoms with van der Waals surface area (Å²) in [6.07, 6.45) is 1.91. The van der Waals surface area contributed by atoms with Crippen molar-refractivity contribution in [1.82, 2.24) is 4.90 Å². The summed E-state index contributed by atoms with van der Waals surface area (Å²) in [5.74, 6) is -0.743. The summed E-state index contributed by atoms with van der Waals surface area (Å²) in [6.45, 7) is 1.42. The summed E-state index contributed by atoms with van der Waals surface area (Å²) in [4.78, 5) is 23.4. The van der Waals surface area contributed by atoms with Gasteiger partial charge in [-0.1, -0.05) is 0 Å². The van der Waals surface area contributed by atoms with E-state index in [1.165, 1.54) is 11.8 Å². The first-order chi connectivity index (χ1) is 7.13. The molecule has 0 aromatic rings. The van der Waals surface area contributed by atoms with Gasteiger partial charge in [-0.15, -0.1) is 11.8 Å². The summed E-state index contributed by atoms with van der Waals surface area (Å²) in [5.41, 5.74) is 5.28. The van der Waals surface area contributed by atoms with Crippen molar-refractivity contribution in [2.24, 2.45) is 5.73 Å². The Hall–Kier alpha value is -0.750. The quantitative estimate of drug-likeness (QED) is 0.698. The monoisotopic (exact) mass is 232 g/mol. The molecular weight excluding hydrogens is 216 g/mol. The molecule has 6 heteroatoms. The molecule has 0 radical (unpaired) electrons. The van der Waals surface area contributed by atoms with E-state index in [1.807, 2.05) is 0 Å². The summed E-state index contributed by atoms with van der Waals surface area (Å²) < 4.78 is 0. The molecule has 1 saturated heterocycles. The van der Waals surface area contributed by atoms with Crippen LogP contribution in [-0.2, 0) is 9.59 Å². The highest BCUT2D eigenvalue weighted by atomic mass is 32.2. The second kappa shape index (κ2) is 5.97. The Balaban J connectivity index is 2.35. The van der Waals surface area contributed by atoms with Gasteiger partial charge in [-0.05, 0) is 12.8 Å². The van der Waals surface area contributed by atoms with Crippen LogP contribution in [0.2, 0.25) is 0 Å². The molecule has 15 heavy (non-hydrogen) atoms. The van der Waals surface area contributed by atoms with Gasteiger partial charge in [0.15, 0.2) is 0 Å². The molecule has 0 aliphatic carbocycles. The average molecular weight is 232 g/mol. The Morgan fingerprint density at radius 3 is 2.87 bits per heavy atom. The number of carbonyl (C=O) groups excluding carboxylic acids is 1. The molecule has 1 aliphatic heterocycles. The van der Waals surface area contributed by atoms with Crippen LogP contribution in [0.4, 0.5) is 0 Å². The van der Waals surface area contributed by atoms with Crippen molar-refractivity contribution in [1.29, 1.82) is 0 Å². The fourth-order valence-electron chi connectivity index (χ4n) is 1.62. The summed E-state index contributed by atoms with van der Waals surface area (Å²) in [7, 11) is 0. The highest BCUT2D eigenvalue weighted by Gasteiger charge is 2.23. The highest BCUT2D eigenvalue weighted by Crippen LogP contribution is 2.22. The van der Waals surface area contributed by atoms with Gasteiger partial charge in [-0.25, -0.2) is 0 Å². The molecule has 1 fully saturated rings. The van der Waals surface area contributed by atoms with E-state index in [1.54, 1.807) is 4.90 Å². The van der Waals surface area contributed by atoms with Crippen LogP contribution in [0.1, 0.15) is 12.8 Å². The third kappa shape index (κ3) is 4.09. The predicted octanol–water partition coefficient (Wildman–Crippen LogP) is -0.246. The molecule has 5 nitrogen and oxygen atoms in total. The zero-order valence-electron chi connectivity index (χ0n) is 8.52. The second-order valence-corrected chi connectivity index (χ2v) is 4.80.